The summed E-state index contributed by atoms with van der Waals surface area (Å²) in [5.74, 6) is 0.654. The molecular formula is C11H24N4O. The van der Waals surface area contributed by atoms with Crippen LogP contribution in [0.15, 0.2) is 4.99 Å². The quantitative estimate of drug-likeness (QED) is 0.514. The average Bonchev–Trinajstić information content (AvgIpc) is 2.43. The molecule has 1 saturated heterocycles. The van der Waals surface area contributed by atoms with Crippen molar-refractivity contribution in [3.63, 3.8) is 0 Å². The van der Waals surface area contributed by atoms with Crippen LogP contribution in [0.1, 0.15) is 20.3 Å². The fourth-order valence-corrected chi connectivity index (χ4v) is 1.91. The van der Waals surface area contributed by atoms with Gasteiger partial charge in [-0.3, -0.25) is 9.89 Å². The average molecular weight is 228 g/mol. The Balaban J connectivity index is 2.46. The van der Waals surface area contributed by atoms with E-state index in [4.69, 9.17) is 10.8 Å². The number of rotatable bonds is 3. The minimum Gasteiger partial charge on any atom is -0.395 e. The topological polar surface area (TPSA) is 65.1 Å². The van der Waals surface area contributed by atoms with Crippen LogP contribution >= 0.6 is 0 Å². The van der Waals surface area contributed by atoms with E-state index < -0.39 is 0 Å². The first-order valence-electron chi connectivity index (χ1n) is 6.05. The third-order valence-corrected chi connectivity index (χ3v) is 2.72. The van der Waals surface area contributed by atoms with Crippen LogP contribution in [-0.4, -0.2) is 66.2 Å². The molecule has 1 heterocycles. The van der Waals surface area contributed by atoms with E-state index in [1.807, 2.05) is 13.8 Å². The van der Waals surface area contributed by atoms with Crippen molar-refractivity contribution in [1.82, 2.24) is 9.80 Å². The van der Waals surface area contributed by atoms with E-state index in [1.54, 1.807) is 0 Å². The summed E-state index contributed by atoms with van der Waals surface area (Å²) in [6, 6.07) is 0.247. The van der Waals surface area contributed by atoms with Gasteiger partial charge >= 0.3 is 0 Å². The molecule has 0 unspecified atom stereocenters. The van der Waals surface area contributed by atoms with E-state index in [-0.39, 0.29) is 12.6 Å². The molecule has 1 rings (SSSR count). The highest BCUT2D eigenvalue weighted by Crippen LogP contribution is 2.03. The standard InChI is InChI=1S/C11H24N4O/c1-10(2)13-11(12)15-5-3-4-14(6-7-15)8-9-16/h10,16H,3-9H2,1-2H3,(H2,12,13). The Morgan fingerprint density at radius 2 is 2.06 bits per heavy atom. The maximum absolute atomic E-state index is 8.90. The monoisotopic (exact) mass is 228 g/mol. The van der Waals surface area contributed by atoms with Crippen molar-refractivity contribution in [2.24, 2.45) is 10.7 Å². The van der Waals surface area contributed by atoms with Crippen molar-refractivity contribution in [3.8, 4) is 0 Å². The molecule has 0 aromatic rings. The number of β-amino-alcohol motifs (C(OH)–C–C–N with tert-alkyl or cyclic N) is 1. The molecule has 5 nitrogen and oxygen atoms in total. The third-order valence-electron chi connectivity index (χ3n) is 2.72. The molecule has 94 valence electrons. The first-order valence-corrected chi connectivity index (χ1v) is 6.05. The van der Waals surface area contributed by atoms with Gasteiger partial charge in [0.25, 0.3) is 0 Å². The van der Waals surface area contributed by atoms with E-state index in [0.717, 1.165) is 39.1 Å². The lowest BCUT2D eigenvalue weighted by atomic mass is 10.4. The Hall–Kier alpha value is -0.810. The zero-order chi connectivity index (χ0) is 12.0. The molecule has 0 spiro atoms. The summed E-state index contributed by atoms with van der Waals surface area (Å²) < 4.78 is 0. The fraction of sp³-hybridized carbons (Fsp3) is 0.909. The summed E-state index contributed by atoms with van der Waals surface area (Å²) in [5, 5.41) is 8.90. The number of nitrogens with zero attached hydrogens (tertiary/aromatic N) is 3. The van der Waals surface area contributed by atoms with Gasteiger partial charge in [-0.15, -0.1) is 0 Å². The number of hydrogen-bond donors (Lipinski definition) is 2. The number of aliphatic imine (C=N–C) groups is 1. The molecule has 16 heavy (non-hydrogen) atoms. The molecule has 5 heteroatoms. The predicted molar refractivity (Wildman–Crippen MR) is 66.5 cm³/mol. The normalized spacial score (nSPS) is 20.2. The van der Waals surface area contributed by atoms with Gasteiger partial charge in [-0.1, -0.05) is 0 Å². The molecule has 1 fully saturated rings. The van der Waals surface area contributed by atoms with Crippen molar-refractivity contribution >= 4 is 5.96 Å². The van der Waals surface area contributed by atoms with Crippen LogP contribution in [0.5, 0.6) is 0 Å². The second-order valence-corrected chi connectivity index (χ2v) is 4.49. The van der Waals surface area contributed by atoms with Crippen LogP contribution in [0.4, 0.5) is 0 Å². The van der Waals surface area contributed by atoms with Gasteiger partial charge in [0.15, 0.2) is 5.96 Å². The number of aliphatic hydroxyl groups excluding tert-OH is 1. The molecule has 0 amide bonds. The summed E-state index contributed by atoms with van der Waals surface area (Å²) in [4.78, 5) is 8.77. The van der Waals surface area contributed by atoms with Crippen LogP contribution in [0.2, 0.25) is 0 Å². The van der Waals surface area contributed by atoms with Crippen molar-refractivity contribution in [3.05, 3.63) is 0 Å². The Bertz CT molecular complexity index is 230. The van der Waals surface area contributed by atoms with E-state index >= 15 is 0 Å². The van der Waals surface area contributed by atoms with Crippen molar-refractivity contribution < 1.29 is 5.11 Å². The maximum atomic E-state index is 8.90. The highest BCUT2D eigenvalue weighted by atomic mass is 16.3. The Morgan fingerprint density at radius 3 is 2.69 bits per heavy atom. The zero-order valence-corrected chi connectivity index (χ0v) is 10.4. The minimum absolute atomic E-state index is 0.232. The third kappa shape index (κ3) is 4.37. The Kier molecular flexibility index (Phi) is 5.55. The minimum atomic E-state index is 0.232. The summed E-state index contributed by atoms with van der Waals surface area (Å²) in [5.41, 5.74) is 5.95. The Morgan fingerprint density at radius 1 is 1.31 bits per heavy atom. The van der Waals surface area contributed by atoms with Gasteiger partial charge in [-0.25, -0.2) is 0 Å². The van der Waals surface area contributed by atoms with E-state index in [2.05, 4.69) is 14.8 Å². The van der Waals surface area contributed by atoms with Gasteiger partial charge in [0.05, 0.1) is 6.61 Å². The van der Waals surface area contributed by atoms with Crippen molar-refractivity contribution in [1.29, 1.82) is 0 Å². The van der Waals surface area contributed by atoms with E-state index in [0.29, 0.717) is 5.96 Å². The summed E-state index contributed by atoms with van der Waals surface area (Å²) in [6.07, 6.45) is 1.08. The molecule has 0 aliphatic carbocycles. The highest BCUT2D eigenvalue weighted by Gasteiger charge is 2.15. The molecule has 0 saturated carbocycles. The number of hydrogen-bond acceptors (Lipinski definition) is 3. The SMILES string of the molecule is CC(C)N=C(N)N1CCCN(CCO)CC1. The zero-order valence-electron chi connectivity index (χ0n) is 10.4. The first-order chi connectivity index (χ1) is 7.63. The lowest BCUT2D eigenvalue weighted by molar-refractivity contribution is 0.201. The molecule has 0 radical (unpaired) electrons. The molecule has 1 aliphatic rings. The van der Waals surface area contributed by atoms with E-state index in [9.17, 15) is 0 Å². The first kappa shape index (κ1) is 13.3. The van der Waals surface area contributed by atoms with Crippen LogP contribution in [0.3, 0.4) is 0 Å². The lowest BCUT2D eigenvalue weighted by Gasteiger charge is -2.22. The van der Waals surface area contributed by atoms with Crippen molar-refractivity contribution in [2.75, 3.05) is 39.3 Å². The van der Waals surface area contributed by atoms with Gasteiger partial charge in [-0.05, 0) is 26.8 Å². The molecule has 0 aromatic heterocycles. The van der Waals surface area contributed by atoms with E-state index in [1.165, 1.54) is 0 Å². The fourth-order valence-electron chi connectivity index (χ4n) is 1.91. The largest absolute Gasteiger partial charge is 0.395 e. The predicted octanol–water partition coefficient (Wildman–Crippen LogP) is -0.290. The van der Waals surface area contributed by atoms with Crippen LogP contribution < -0.4 is 5.73 Å². The lowest BCUT2D eigenvalue weighted by Crippen LogP contribution is -2.40. The molecule has 0 bridgehead atoms. The van der Waals surface area contributed by atoms with Crippen LogP contribution in [0.25, 0.3) is 0 Å². The molecule has 1 aliphatic heterocycles. The van der Waals surface area contributed by atoms with Crippen LogP contribution in [-0.2, 0) is 0 Å². The highest BCUT2D eigenvalue weighted by molar-refractivity contribution is 5.78. The smallest absolute Gasteiger partial charge is 0.191 e. The van der Waals surface area contributed by atoms with Gasteiger partial charge in [0.1, 0.15) is 0 Å². The second kappa shape index (κ2) is 6.70. The summed E-state index contributed by atoms with van der Waals surface area (Å²) >= 11 is 0. The summed E-state index contributed by atoms with van der Waals surface area (Å²) in [6.45, 7) is 8.91. The molecule has 0 atom stereocenters. The van der Waals surface area contributed by atoms with Crippen LogP contribution in [0, 0.1) is 0 Å². The molecule has 0 aromatic carbocycles. The van der Waals surface area contributed by atoms with Gasteiger partial charge in [0, 0.05) is 32.2 Å². The maximum Gasteiger partial charge on any atom is 0.191 e. The number of nitrogens with two attached hydrogens (primary N) is 1. The Labute approximate surface area is 97.9 Å². The molecular weight excluding hydrogens is 204 g/mol. The molecule has 3 N–H and O–H groups in total. The van der Waals surface area contributed by atoms with Gasteiger partial charge in [-0.2, -0.15) is 0 Å². The van der Waals surface area contributed by atoms with Gasteiger partial charge in [0.2, 0.25) is 0 Å². The summed E-state index contributed by atoms with van der Waals surface area (Å²) in [7, 11) is 0. The number of guanidine groups is 1. The van der Waals surface area contributed by atoms with Gasteiger partial charge < -0.3 is 15.7 Å². The number of aliphatic hydroxyl groups is 1. The second-order valence-electron chi connectivity index (χ2n) is 4.49. The van der Waals surface area contributed by atoms with Crippen molar-refractivity contribution in [2.45, 2.75) is 26.3 Å².